The summed E-state index contributed by atoms with van der Waals surface area (Å²) < 4.78 is 2.12. The van der Waals surface area contributed by atoms with Crippen molar-refractivity contribution in [2.45, 2.75) is 19.8 Å². The third kappa shape index (κ3) is 2.37. The summed E-state index contributed by atoms with van der Waals surface area (Å²) in [6.07, 6.45) is 3.85. The molecule has 0 fully saturated rings. The SMILES string of the molecule is CC(C)c1ccc(-c2nccn2-c2ccccc2)cc1. The fourth-order valence-corrected chi connectivity index (χ4v) is 2.33. The highest BCUT2D eigenvalue weighted by Crippen LogP contribution is 2.23. The quantitative estimate of drug-likeness (QED) is 0.671. The third-order valence-electron chi connectivity index (χ3n) is 3.51. The van der Waals surface area contributed by atoms with E-state index in [9.17, 15) is 0 Å². The summed E-state index contributed by atoms with van der Waals surface area (Å²) in [5.41, 5.74) is 3.63. The van der Waals surface area contributed by atoms with Crippen LogP contribution >= 0.6 is 0 Å². The van der Waals surface area contributed by atoms with Crippen LogP contribution in [0.25, 0.3) is 17.1 Å². The third-order valence-corrected chi connectivity index (χ3v) is 3.51. The second-order valence-electron chi connectivity index (χ2n) is 5.23. The van der Waals surface area contributed by atoms with E-state index < -0.39 is 0 Å². The van der Waals surface area contributed by atoms with Gasteiger partial charge in [0.2, 0.25) is 0 Å². The Labute approximate surface area is 119 Å². The van der Waals surface area contributed by atoms with Crippen LogP contribution in [0.4, 0.5) is 0 Å². The van der Waals surface area contributed by atoms with Crippen molar-refractivity contribution in [3.05, 3.63) is 72.6 Å². The molecule has 0 saturated carbocycles. The summed E-state index contributed by atoms with van der Waals surface area (Å²) >= 11 is 0. The van der Waals surface area contributed by atoms with Gasteiger partial charge in [0.1, 0.15) is 5.82 Å². The lowest BCUT2D eigenvalue weighted by Gasteiger charge is -2.09. The van der Waals surface area contributed by atoms with E-state index in [0.29, 0.717) is 5.92 Å². The number of para-hydroxylation sites is 1. The van der Waals surface area contributed by atoms with Crippen LogP contribution in [0.1, 0.15) is 25.3 Å². The minimum Gasteiger partial charge on any atom is -0.300 e. The highest BCUT2D eigenvalue weighted by atomic mass is 15.1. The molecule has 0 amide bonds. The van der Waals surface area contributed by atoms with Gasteiger partial charge in [-0.15, -0.1) is 0 Å². The molecule has 0 spiro atoms. The Balaban J connectivity index is 2.01. The van der Waals surface area contributed by atoms with Gasteiger partial charge in [0, 0.05) is 23.6 Å². The molecule has 0 aliphatic heterocycles. The lowest BCUT2D eigenvalue weighted by Crippen LogP contribution is -1.96. The fourth-order valence-electron chi connectivity index (χ4n) is 2.33. The van der Waals surface area contributed by atoms with Gasteiger partial charge in [-0.2, -0.15) is 0 Å². The summed E-state index contributed by atoms with van der Waals surface area (Å²) in [6.45, 7) is 4.42. The molecule has 3 aromatic rings. The largest absolute Gasteiger partial charge is 0.300 e. The standard InChI is InChI=1S/C18H18N2/c1-14(2)15-8-10-16(11-9-15)18-19-12-13-20(18)17-6-4-3-5-7-17/h3-14H,1-2H3. The molecule has 0 atom stereocenters. The summed E-state index contributed by atoms with van der Waals surface area (Å²) in [5, 5.41) is 0. The second-order valence-corrected chi connectivity index (χ2v) is 5.23. The van der Waals surface area contributed by atoms with Crippen LogP contribution in [0, 0.1) is 0 Å². The van der Waals surface area contributed by atoms with Crippen molar-refractivity contribution in [3.8, 4) is 17.1 Å². The van der Waals surface area contributed by atoms with Crippen molar-refractivity contribution >= 4 is 0 Å². The van der Waals surface area contributed by atoms with Gasteiger partial charge in [0.15, 0.2) is 0 Å². The Bertz CT molecular complexity index is 679. The van der Waals surface area contributed by atoms with Crippen molar-refractivity contribution in [1.29, 1.82) is 0 Å². The first-order chi connectivity index (χ1) is 9.75. The first-order valence-corrected chi connectivity index (χ1v) is 6.95. The van der Waals surface area contributed by atoms with Gasteiger partial charge in [0.25, 0.3) is 0 Å². The lowest BCUT2D eigenvalue weighted by atomic mass is 10.0. The molecule has 1 heterocycles. The summed E-state index contributed by atoms with van der Waals surface area (Å²) in [7, 11) is 0. The van der Waals surface area contributed by atoms with Crippen LogP contribution in [0.3, 0.4) is 0 Å². The van der Waals surface area contributed by atoms with Gasteiger partial charge in [-0.3, -0.25) is 4.57 Å². The van der Waals surface area contributed by atoms with Crippen molar-refractivity contribution in [2.75, 3.05) is 0 Å². The zero-order chi connectivity index (χ0) is 13.9. The Morgan fingerprint density at radius 1 is 0.900 bits per heavy atom. The van der Waals surface area contributed by atoms with Crippen LogP contribution in [0.15, 0.2) is 67.0 Å². The molecular formula is C18H18N2. The van der Waals surface area contributed by atoms with Crippen molar-refractivity contribution in [1.82, 2.24) is 9.55 Å². The van der Waals surface area contributed by atoms with Gasteiger partial charge in [-0.05, 0) is 23.6 Å². The normalized spacial score (nSPS) is 10.9. The molecule has 20 heavy (non-hydrogen) atoms. The van der Waals surface area contributed by atoms with Crippen LogP contribution in [-0.4, -0.2) is 9.55 Å². The molecule has 1 aromatic heterocycles. The van der Waals surface area contributed by atoms with Gasteiger partial charge in [-0.25, -0.2) is 4.98 Å². The van der Waals surface area contributed by atoms with E-state index in [0.717, 1.165) is 17.1 Å². The average Bonchev–Trinajstić information content (AvgIpc) is 2.97. The molecule has 2 heteroatoms. The smallest absolute Gasteiger partial charge is 0.144 e. The zero-order valence-corrected chi connectivity index (χ0v) is 11.8. The lowest BCUT2D eigenvalue weighted by molar-refractivity contribution is 0.866. The topological polar surface area (TPSA) is 17.8 Å². The highest BCUT2D eigenvalue weighted by molar-refractivity contribution is 5.59. The number of aromatic nitrogens is 2. The van der Waals surface area contributed by atoms with Gasteiger partial charge < -0.3 is 0 Å². The maximum absolute atomic E-state index is 4.50. The molecule has 0 aliphatic rings. The van der Waals surface area contributed by atoms with Crippen molar-refractivity contribution in [3.63, 3.8) is 0 Å². The van der Waals surface area contributed by atoms with E-state index >= 15 is 0 Å². The predicted octanol–water partition coefficient (Wildman–Crippen LogP) is 4.66. The molecule has 0 N–H and O–H groups in total. The van der Waals surface area contributed by atoms with E-state index in [1.165, 1.54) is 5.56 Å². The molecule has 0 bridgehead atoms. The maximum atomic E-state index is 4.50. The summed E-state index contributed by atoms with van der Waals surface area (Å²) in [5.74, 6) is 1.53. The number of imidazole rings is 1. The number of rotatable bonds is 3. The predicted molar refractivity (Wildman–Crippen MR) is 83.1 cm³/mol. The minimum atomic E-state index is 0.554. The Morgan fingerprint density at radius 3 is 2.25 bits per heavy atom. The van der Waals surface area contributed by atoms with Crippen LogP contribution in [0.2, 0.25) is 0 Å². The Morgan fingerprint density at radius 2 is 1.60 bits per heavy atom. The van der Waals surface area contributed by atoms with E-state index in [4.69, 9.17) is 0 Å². The molecule has 2 aromatic carbocycles. The first-order valence-electron chi connectivity index (χ1n) is 6.95. The number of nitrogens with zero attached hydrogens (tertiary/aromatic N) is 2. The minimum absolute atomic E-state index is 0.554. The van der Waals surface area contributed by atoms with E-state index in [2.05, 4.69) is 59.8 Å². The van der Waals surface area contributed by atoms with Crippen LogP contribution in [-0.2, 0) is 0 Å². The average molecular weight is 262 g/mol. The maximum Gasteiger partial charge on any atom is 0.144 e. The first kappa shape index (κ1) is 12.7. The van der Waals surface area contributed by atoms with E-state index in [1.807, 2.05) is 30.6 Å². The van der Waals surface area contributed by atoms with Gasteiger partial charge in [0.05, 0.1) is 0 Å². The monoisotopic (exact) mass is 262 g/mol. The highest BCUT2D eigenvalue weighted by Gasteiger charge is 2.08. The number of hydrogen-bond acceptors (Lipinski definition) is 1. The summed E-state index contributed by atoms with van der Waals surface area (Å²) in [4.78, 5) is 4.50. The van der Waals surface area contributed by atoms with Crippen molar-refractivity contribution in [2.24, 2.45) is 0 Å². The second kappa shape index (κ2) is 5.33. The Hall–Kier alpha value is -2.35. The fraction of sp³-hybridized carbons (Fsp3) is 0.167. The molecule has 0 saturated heterocycles. The van der Waals surface area contributed by atoms with Gasteiger partial charge in [-0.1, -0.05) is 56.3 Å². The summed E-state index contributed by atoms with van der Waals surface area (Å²) in [6, 6.07) is 19.0. The molecule has 100 valence electrons. The molecule has 2 nitrogen and oxygen atoms in total. The molecule has 3 rings (SSSR count). The number of hydrogen-bond donors (Lipinski definition) is 0. The molecule has 0 radical (unpaired) electrons. The number of benzene rings is 2. The van der Waals surface area contributed by atoms with E-state index in [1.54, 1.807) is 0 Å². The Kier molecular flexibility index (Phi) is 3.38. The van der Waals surface area contributed by atoms with Crippen LogP contribution in [0.5, 0.6) is 0 Å². The molecular weight excluding hydrogens is 244 g/mol. The van der Waals surface area contributed by atoms with E-state index in [-0.39, 0.29) is 0 Å². The molecule has 0 aliphatic carbocycles. The van der Waals surface area contributed by atoms with Gasteiger partial charge >= 0.3 is 0 Å². The van der Waals surface area contributed by atoms with Crippen LogP contribution < -0.4 is 0 Å². The van der Waals surface area contributed by atoms with Crippen molar-refractivity contribution < 1.29 is 0 Å². The zero-order valence-electron chi connectivity index (χ0n) is 11.8. The molecule has 0 unspecified atom stereocenters.